The summed E-state index contributed by atoms with van der Waals surface area (Å²) in [5.41, 5.74) is 2.91. The number of carbonyl (C=O) groups is 1. The van der Waals surface area contributed by atoms with Gasteiger partial charge in [0.15, 0.2) is 5.76 Å². The fourth-order valence-corrected chi connectivity index (χ4v) is 2.89. The molecule has 0 aromatic carbocycles. The first kappa shape index (κ1) is 16.0. The van der Waals surface area contributed by atoms with Crippen molar-refractivity contribution >= 4 is 19.4 Å². The lowest BCUT2D eigenvalue weighted by atomic mass is 10.3. The number of amides is 1. The summed E-state index contributed by atoms with van der Waals surface area (Å²) in [7, 11) is -1.50. The van der Waals surface area contributed by atoms with Gasteiger partial charge in [-0.25, -0.2) is 5.01 Å². The number of rotatable bonds is 5. The van der Waals surface area contributed by atoms with Gasteiger partial charge in [0, 0.05) is 12.1 Å². The van der Waals surface area contributed by atoms with Gasteiger partial charge in [-0.2, -0.15) is 0 Å². The molecule has 1 aromatic heterocycles. The van der Waals surface area contributed by atoms with Crippen LogP contribution in [0.15, 0.2) is 16.5 Å². The summed E-state index contributed by atoms with van der Waals surface area (Å²) < 4.78 is 5.69. The minimum Gasteiger partial charge on any atom is -0.461 e. The fraction of sp³-hybridized carbons (Fsp3) is 0.643. The Morgan fingerprint density at radius 2 is 1.68 bits per heavy atom. The van der Waals surface area contributed by atoms with Crippen LogP contribution in [0.5, 0.6) is 0 Å². The second kappa shape index (κ2) is 5.92. The second-order valence-corrected chi connectivity index (χ2v) is 11.4. The molecule has 1 rings (SSSR count). The molecule has 0 aliphatic heterocycles. The molecule has 0 atom stereocenters. The lowest BCUT2D eigenvalue weighted by Gasteiger charge is -2.30. The first-order valence-electron chi connectivity index (χ1n) is 6.82. The molecule has 1 N–H and O–H groups in total. The minimum absolute atomic E-state index is 0.174. The number of hydrogen-bond acceptors (Lipinski definition) is 3. The smallest absolute Gasteiger partial charge is 0.301 e. The van der Waals surface area contributed by atoms with Crippen LogP contribution in [0.2, 0.25) is 19.6 Å². The lowest BCUT2D eigenvalue weighted by molar-refractivity contribution is 0.0597. The van der Waals surface area contributed by atoms with E-state index in [1.165, 1.54) is 0 Å². The van der Waals surface area contributed by atoms with Crippen LogP contribution in [0.25, 0.3) is 0 Å². The van der Waals surface area contributed by atoms with Crippen LogP contribution in [0.1, 0.15) is 38.2 Å². The predicted molar refractivity (Wildman–Crippen MR) is 81.3 cm³/mol. The number of furan rings is 1. The van der Waals surface area contributed by atoms with Crippen molar-refractivity contribution in [1.82, 2.24) is 10.4 Å². The van der Waals surface area contributed by atoms with Crippen LogP contribution in [0.4, 0.5) is 0 Å². The van der Waals surface area contributed by atoms with Crippen molar-refractivity contribution in [1.29, 1.82) is 0 Å². The van der Waals surface area contributed by atoms with Crippen molar-refractivity contribution in [3.05, 3.63) is 17.9 Å². The summed E-state index contributed by atoms with van der Waals surface area (Å²) in [6, 6.07) is 4.18. The van der Waals surface area contributed by atoms with Gasteiger partial charge >= 0.3 is 5.91 Å². The first-order valence-corrected chi connectivity index (χ1v) is 10.3. The van der Waals surface area contributed by atoms with E-state index in [-0.39, 0.29) is 18.0 Å². The van der Waals surface area contributed by atoms with E-state index in [9.17, 15) is 4.79 Å². The van der Waals surface area contributed by atoms with Gasteiger partial charge < -0.3 is 4.42 Å². The van der Waals surface area contributed by atoms with Crippen molar-refractivity contribution in [2.24, 2.45) is 0 Å². The highest BCUT2D eigenvalue weighted by atomic mass is 28.3. The average Bonchev–Trinajstić information content (AvgIpc) is 2.73. The Kier molecular flexibility index (Phi) is 4.98. The van der Waals surface area contributed by atoms with E-state index in [0.717, 1.165) is 5.38 Å². The van der Waals surface area contributed by atoms with Gasteiger partial charge in [-0.1, -0.05) is 19.6 Å². The van der Waals surface area contributed by atoms with E-state index in [4.69, 9.17) is 4.42 Å². The maximum atomic E-state index is 12.2. The Labute approximate surface area is 117 Å². The molecule has 0 fully saturated rings. The van der Waals surface area contributed by atoms with E-state index in [1.54, 1.807) is 6.07 Å². The van der Waals surface area contributed by atoms with Crippen LogP contribution < -0.4 is 10.8 Å². The highest BCUT2D eigenvalue weighted by Gasteiger charge is 2.24. The number of nitrogens with one attached hydrogen (secondary N) is 1. The number of hydrazine groups is 1. The van der Waals surface area contributed by atoms with Crippen molar-refractivity contribution in [2.45, 2.75) is 59.4 Å². The van der Waals surface area contributed by atoms with Gasteiger partial charge in [0.05, 0.1) is 5.38 Å². The van der Waals surface area contributed by atoms with Crippen LogP contribution in [0, 0.1) is 0 Å². The minimum atomic E-state index is -1.50. The third kappa shape index (κ3) is 4.21. The SMILES string of the molecule is CC(C)N(NC(=O)c1ccc([Si](C)(C)C)o1)C(C)C. The molecule has 4 nitrogen and oxygen atoms in total. The van der Waals surface area contributed by atoms with Gasteiger partial charge in [-0.05, 0) is 39.8 Å². The summed E-state index contributed by atoms with van der Waals surface area (Å²) in [6.07, 6.45) is 0. The Morgan fingerprint density at radius 1 is 1.16 bits per heavy atom. The molecule has 1 amide bonds. The number of nitrogens with zero attached hydrogens (tertiary/aromatic N) is 1. The molecule has 0 radical (unpaired) electrons. The van der Waals surface area contributed by atoms with Crippen LogP contribution in [0.3, 0.4) is 0 Å². The first-order chi connectivity index (χ1) is 8.62. The van der Waals surface area contributed by atoms with E-state index in [0.29, 0.717) is 5.76 Å². The van der Waals surface area contributed by atoms with Crippen molar-refractivity contribution in [3.8, 4) is 0 Å². The largest absolute Gasteiger partial charge is 0.461 e. The Hall–Kier alpha value is -1.07. The van der Waals surface area contributed by atoms with E-state index >= 15 is 0 Å². The van der Waals surface area contributed by atoms with Gasteiger partial charge in [0.25, 0.3) is 0 Å². The monoisotopic (exact) mass is 282 g/mol. The molecular formula is C14H26N2O2Si. The lowest BCUT2D eigenvalue weighted by Crippen LogP contribution is -2.50. The predicted octanol–water partition coefficient (Wildman–Crippen LogP) is 2.59. The number of hydrogen-bond donors (Lipinski definition) is 1. The van der Waals surface area contributed by atoms with Gasteiger partial charge in [0.1, 0.15) is 8.07 Å². The van der Waals surface area contributed by atoms with Gasteiger partial charge in [0.2, 0.25) is 0 Å². The van der Waals surface area contributed by atoms with Gasteiger partial charge in [-0.3, -0.25) is 10.2 Å². The molecule has 19 heavy (non-hydrogen) atoms. The highest BCUT2D eigenvalue weighted by Crippen LogP contribution is 2.08. The maximum Gasteiger partial charge on any atom is 0.301 e. The zero-order valence-electron chi connectivity index (χ0n) is 13.1. The summed E-state index contributed by atoms with van der Waals surface area (Å²) in [4.78, 5) is 12.2. The van der Waals surface area contributed by atoms with Crippen LogP contribution in [-0.2, 0) is 0 Å². The van der Waals surface area contributed by atoms with Crippen molar-refractivity contribution in [2.75, 3.05) is 0 Å². The third-order valence-corrected chi connectivity index (χ3v) is 4.66. The molecule has 5 heteroatoms. The summed E-state index contributed by atoms with van der Waals surface area (Å²) >= 11 is 0. The molecule has 0 spiro atoms. The molecule has 0 saturated heterocycles. The number of carbonyl (C=O) groups excluding carboxylic acids is 1. The molecule has 108 valence electrons. The average molecular weight is 282 g/mol. The molecule has 0 bridgehead atoms. The van der Waals surface area contributed by atoms with E-state index in [2.05, 4.69) is 52.8 Å². The Morgan fingerprint density at radius 3 is 2.05 bits per heavy atom. The molecule has 0 unspecified atom stereocenters. The van der Waals surface area contributed by atoms with Gasteiger partial charge in [-0.15, -0.1) is 0 Å². The van der Waals surface area contributed by atoms with Crippen LogP contribution >= 0.6 is 0 Å². The summed E-state index contributed by atoms with van der Waals surface area (Å²) in [5, 5.41) is 2.89. The summed E-state index contributed by atoms with van der Waals surface area (Å²) in [6.45, 7) is 14.8. The Bertz CT molecular complexity index is 425. The Balaban J connectivity index is 2.81. The standard InChI is InChI=1S/C14H26N2O2Si/c1-10(2)16(11(3)4)15-14(17)12-8-9-13(18-12)19(5,6)7/h8-11H,1-7H3,(H,15,17). The topological polar surface area (TPSA) is 45.5 Å². The molecular weight excluding hydrogens is 256 g/mol. The normalized spacial score (nSPS) is 12.5. The molecule has 0 aliphatic carbocycles. The zero-order chi connectivity index (χ0) is 14.8. The second-order valence-electron chi connectivity index (χ2n) is 6.45. The highest BCUT2D eigenvalue weighted by molar-refractivity contribution is 6.87. The van der Waals surface area contributed by atoms with Crippen LogP contribution in [-0.4, -0.2) is 31.1 Å². The van der Waals surface area contributed by atoms with Crippen molar-refractivity contribution < 1.29 is 9.21 Å². The third-order valence-electron chi connectivity index (χ3n) is 2.91. The quantitative estimate of drug-likeness (QED) is 0.667. The van der Waals surface area contributed by atoms with E-state index in [1.807, 2.05) is 11.1 Å². The zero-order valence-corrected chi connectivity index (χ0v) is 14.1. The maximum absolute atomic E-state index is 12.2. The molecule has 1 aromatic rings. The van der Waals surface area contributed by atoms with Crippen molar-refractivity contribution in [3.63, 3.8) is 0 Å². The molecule has 0 saturated carbocycles. The molecule has 0 aliphatic rings. The summed E-state index contributed by atoms with van der Waals surface area (Å²) in [5.74, 6) is 0.218. The molecule has 1 heterocycles. The van der Waals surface area contributed by atoms with E-state index < -0.39 is 8.07 Å². The fourth-order valence-electron chi connectivity index (χ4n) is 1.89.